The molecular formula is C23H24ClN3OS. The van der Waals surface area contributed by atoms with Crippen molar-refractivity contribution in [3.63, 3.8) is 0 Å². The van der Waals surface area contributed by atoms with E-state index in [4.69, 9.17) is 17.3 Å². The molecule has 0 amide bonds. The number of halogens is 1. The molecule has 1 saturated heterocycles. The lowest BCUT2D eigenvalue weighted by Gasteiger charge is -2.36. The van der Waals surface area contributed by atoms with E-state index in [9.17, 15) is 4.79 Å². The van der Waals surface area contributed by atoms with Gasteiger partial charge in [-0.2, -0.15) is 0 Å². The van der Waals surface area contributed by atoms with E-state index in [1.807, 2.05) is 5.38 Å². The van der Waals surface area contributed by atoms with Gasteiger partial charge in [0.1, 0.15) is 0 Å². The van der Waals surface area contributed by atoms with Gasteiger partial charge in [0.2, 0.25) is 0 Å². The van der Waals surface area contributed by atoms with Crippen LogP contribution in [-0.2, 0) is 6.54 Å². The quantitative estimate of drug-likeness (QED) is 0.594. The van der Waals surface area contributed by atoms with E-state index in [1.54, 1.807) is 24.3 Å². The highest BCUT2D eigenvalue weighted by Gasteiger charge is 2.23. The van der Waals surface area contributed by atoms with Crippen LogP contribution in [0.3, 0.4) is 0 Å². The van der Waals surface area contributed by atoms with Gasteiger partial charge in [-0.15, -0.1) is 11.3 Å². The van der Waals surface area contributed by atoms with Gasteiger partial charge in [-0.3, -0.25) is 9.69 Å². The zero-order valence-electron chi connectivity index (χ0n) is 16.4. The number of nitrogens with two attached hydrogens (primary N) is 1. The lowest BCUT2D eigenvalue weighted by atomic mass is 10.0. The Balaban J connectivity index is 1.45. The van der Waals surface area contributed by atoms with E-state index in [-0.39, 0.29) is 5.78 Å². The molecule has 6 heteroatoms. The van der Waals surface area contributed by atoms with Crippen LogP contribution in [0.15, 0.2) is 53.9 Å². The molecule has 4 rings (SSSR count). The fraction of sp³-hybridized carbons (Fsp3) is 0.261. The Morgan fingerprint density at radius 3 is 2.52 bits per heavy atom. The van der Waals surface area contributed by atoms with E-state index in [2.05, 4.69) is 41.0 Å². The Morgan fingerprint density at radius 2 is 1.83 bits per heavy atom. The molecule has 4 nitrogen and oxygen atoms in total. The highest BCUT2D eigenvalue weighted by atomic mass is 35.5. The first-order valence-corrected chi connectivity index (χ1v) is 11.0. The molecule has 2 aromatic carbocycles. The number of ketones is 1. The Bertz CT molecular complexity index is 1010. The number of hydrogen-bond acceptors (Lipinski definition) is 5. The van der Waals surface area contributed by atoms with Gasteiger partial charge in [0, 0.05) is 49.0 Å². The second-order valence-electron chi connectivity index (χ2n) is 7.44. The van der Waals surface area contributed by atoms with Crippen LogP contribution in [-0.4, -0.2) is 36.9 Å². The van der Waals surface area contributed by atoms with Gasteiger partial charge in [-0.1, -0.05) is 23.7 Å². The molecule has 2 heterocycles. The summed E-state index contributed by atoms with van der Waals surface area (Å²) in [6.45, 7) is 6.73. The maximum absolute atomic E-state index is 13.0. The topological polar surface area (TPSA) is 49.6 Å². The van der Waals surface area contributed by atoms with Crippen molar-refractivity contribution < 1.29 is 4.79 Å². The molecule has 0 unspecified atom stereocenters. The lowest BCUT2D eigenvalue weighted by molar-refractivity contribution is 0.103. The summed E-state index contributed by atoms with van der Waals surface area (Å²) < 4.78 is 0. The Hall–Kier alpha value is -2.34. The molecule has 0 bridgehead atoms. The summed E-state index contributed by atoms with van der Waals surface area (Å²) in [5, 5.41) is 3.22. The minimum absolute atomic E-state index is 0.0335. The molecule has 0 spiro atoms. The van der Waals surface area contributed by atoms with E-state index >= 15 is 0 Å². The lowest BCUT2D eigenvalue weighted by Crippen LogP contribution is -2.46. The van der Waals surface area contributed by atoms with Gasteiger partial charge in [0.15, 0.2) is 5.78 Å². The molecule has 1 aliphatic heterocycles. The number of hydrogen-bond donors (Lipinski definition) is 1. The van der Waals surface area contributed by atoms with Gasteiger partial charge < -0.3 is 10.6 Å². The average Bonchev–Trinajstić information content (AvgIpc) is 3.08. The number of carbonyl (C=O) groups excluding carboxylic acids is 1. The van der Waals surface area contributed by atoms with Gasteiger partial charge in [0.25, 0.3) is 0 Å². The number of nitrogen functional groups attached to an aromatic ring is 1. The number of benzene rings is 2. The standard InChI is InChI=1S/C23H24ClN3OS/c1-16-3-2-4-20(13-16)27-11-9-26(10-12-27)14-18-15-29-23(25)21(18)22(28)17-5-7-19(24)8-6-17/h2-8,13,15H,9-12,14,25H2,1H3. The first kappa shape index (κ1) is 20.0. The van der Waals surface area contributed by atoms with Crippen molar-refractivity contribution in [2.24, 2.45) is 0 Å². The van der Waals surface area contributed by atoms with E-state index < -0.39 is 0 Å². The van der Waals surface area contributed by atoms with Crippen molar-refractivity contribution in [3.05, 3.63) is 81.2 Å². The minimum Gasteiger partial charge on any atom is -0.390 e. The van der Waals surface area contributed by atoms with E-state index in [1.165, 1.54) is 22.6 Å². The van der Waals surface area contributed by atoms with Crippen LogP contribution >= 0.6 is 22.9 Å². The monoisotopic (exact) mass is 425 g/mol. The number of rotatable bonds is 5. The predicted molar refractivity (Wildman–Crippen MR) is 122 cm³/mol. The van der Waals surface area contributed by atoms with E-state index in [0.29, 0.717) is 21.2 Å². The second-order valence-corrected chi connectivity index (χ2v) is 8.79. The van der Waals surface area contributed by atoms with Crippen molar-refractivity contribution in [1.29, 1.82) is 0 Å². The zero-order chi connectivity index (χ0) is 20.4. The third-order valence-electron chi connectivity index (χ3n) is 5.36. The average molecular weight is 426 g/mol. The van der Waals surface area contributed by atoms with Crippen LogP contribution in [0, 0.1) is 6.92 Å². The Morgan fingerprint density at radius 1 is 1.10 bits per heavy atom. The Labute approximate surface area is 180 Å². The van der Waals surface area contributed by atoms with Gasteiger partial charge in [-0.25, -0.2) is 0 Å². The summed E-state index contributed by atoms with van der Waals surface area (Å²) in [5.41, 5.74) is 11.0. The summed E-state index contributed by atoms with van der Waals surface area (Å²) >= 11 is 7.39. The molecule has 150 valence electrons. The summed E-state index contributed by atoms with van der Waals surface area (Å²) in [7, 11) is 0. The van der Waals surface area contributed by atoms with Crippen LogP contribution in [0.25, 0.3) is 0 Å². The number of anilines is 2. The van der Waals surface area contributed by atoms with Crippen molar-refractivity contribution in [2.75, 3.05) is 36.8 Å². The molecule has 1 fully saturated rings. The number of thiophene rings is 1. The van der Waals surface area contributed by atoms with Gasteiger partial charge in [0.05, 0.1) is 10.6 Å². The summed E-state index contributed by atoms with van der Waals surface area (Å²) in [6.07, 6.45) is 0. The normalized spacial score (nSPS) is 14.9. The summed E-state index contributed by atoms with van der Waals surface area (Å²) in [6, 6.07) is 15.6. The van der Waals surface area contributed by atoms with Gasteiger partial charge >= 0.3 is 0 Å². The molecule has 29 heavy (non-hydrogen) atoms. The summed E-state index contributed by atoms with van der Waals surface area (Å²) in [4.78, 5) is 17.8. The van der Waals surface area contributed by atoms with Crippen molar-refractivity contribution in [3.8, 4) is 0 Å². The van der Waals surface area contributed by atoms with Crippen LogP contribution < -0.4 is 10.6 Å². The number of nitrogens with zero attached hydrogens (tertiary/aromatic N) is 2. The fourth-order valence-corrected chi connectivity index (χ4v) is 4.69. The molecule has 1 aromatic heterocycles. The summed E-state index contributed by atoms with van der Waals surface area (Å²) in [5.74, 6) is -0.0335. The molecule has 2 N–H and O–H groups in total. The number of aryl methyl sites for hydroxylation is 1. The minimum atomic E-state index is -0.0335. The molecule has 0 aliphatic carbocycles. The maximum Gasteiger partial charge on any atom is 0.196 e. The van der Waals surface area contributed by atoms with Crippen LogP contribution in [0.2, 0.25) is 5.02 Å². The highest BCUT2D eigenvalue weighted by Crippen LogP contribution is 2.30. The molecule has 0 atom stereocenters. The molecule has 0 radical (unpaired) electrons. The van der Waals surface area contributed by atoms with Crippen LogP contribution in [0.4, 0.5) is 10.7 Å². The fourth-order valence-electron chi connectivity index (χ4n) is 3.76. The highest BCUT2D eigenvalue weighted by molar-refractivity contribution is 7.14. The van der Waals surface area contributed by atoms with Crippen LogP contribution in [0.5, 0.6) is 0 Å². The van der Waals surface area contributed by atoms with Gasteiger partial charge in [-0.05, 0) is 59.8 Å². The first-order chi connectivity index (χ1) is 14.0. The smallest absolute Gasteiger partial charge is 0.196 e. The van der Waals surface area contributed by atoms with Crippen molar-refractivity contribution in [1.82, 2.24) is 4.90 Å². The molecule has 0 saturated carbocycles. The third-order valence-corrected chi connectivity index (χ3v) is 6.47. The van der Waals surface area contributed by atoms with Crippen molar-refractivity contribution in [2.45, 2.75) is 13.5 Å². The van der Waals surface area contributed by atoms with Crippen LogP contribution in [0.1, 0.15) is 27.0 Å². The Kier molecular flexibility index (Phi) is 5.90. The SMILES string of the molecule is Cc1cccc(N2CCN(Cc3csc(N)c3C(=O)c3ccc(Cl)cc3)CC2)c1. The first-order valence-electron chi connectivity index (χ1n) is 9.71. The zero-order valence-corrected chi connectivity index (χ0v) is 18.0. The van der Waals surface area contributed by atoms with E-state index in [0.717, 1.165) is 38.3 Å². The number of piperazine rings is 1. The van der Waals surface area contributed by atoms with Crippen molar-refractivity contribution >= 4 is 39.4 Å². The maximum atomic E-state index is 13.0. The second kappa shape index (κ2) is 8.57. The largest absolute Gasteiger partial charge is 0.390 e. The molecule has 1 aliphatic rings. The predicted octanol–water partition coefficient (Wildman–Crippen LogP) is 4.85. The third kappa shape index (κ3) is 4.47. The number of carbonyl (C=O) groups is 1. The molecule has 3 aromatic rings. The molecular weight excluding hydrogens is 402 g/mol.